The van der Waals surface area contributed by atoms with Crippen LogP contribution in [0.15, 0.2) is 23.1 Å². The number of nitro benzene ring substituents is 1. The summed E-state index contributed by atoms with van der Waals surface area (Å²) in [5.74, 6) is 0. The third-order valence-electron chi connectivity index (χ3n) is 0.981. The van der Waals surface area contributed by atoms with Crippen LogP contribution in [0.1, 0.15) is 0 Å². The highest BCUT2D eigenvalue weighted by Gasteiger charge is 2.02. The lowest BCUT2D eigenvalue weighted by Gasteiger charge is -1.89. The molecule has 0 heterocycles. The van der Waals surface area contributed by atoms with Crippen molar-refractivity contribution in [3.8, 4) is 0 Å². The van der Waals surface area contributed by atoms with Crippen molar-refractivity contribution >= 4 is 18.3 Å². The van der Waals surface area contributed by atoms with Crippen molar-refractivity contribution in [3.63, 3.8) is 0 Å². The van der Waals surface area contributed by atoms with Crippen molar-refractivity contribution in [1.29, 1.82) is 0 Å². The summed E-state index contributed by atoms with van der Waals surface area (Å²) in [5.41, 5.74) is 0.0451. The van der Waals surface area contributed by atoms with Crippen LogP contribution in [-0.4, -0.2) is 4.92 Å². The Kier molecular flexibility index (Phi) is 1.91. The third-order valence-corrected chi connectivity index (χ3v) is 1.24. The van der Waals surface area contributed by atoms with Gasteiger partial charge in [0.1, 0.15) is 0 Å². The number of nitrogens with zero attached hydrogens (tertiary/aromatic N) is 1. The molecule has 1 radical (unpaired) electrons. The summed E-state index contributed by atoms with van der Waals surface area (Å²) < 4.78 is 0. The van der Waals surface area contributed by atoms with Crippen LogP contribution < -0.4 is 0 Å². The molecular weight excluding hydrogens is 150 g/mol. The van der Waals surface area contributed by atoms with Gasteiger partial charge in [0, 0.05) is 17.0 Å². The van der Waals surface area contributed by atoms with E-state index in [0.717, 1.165) is 0 Å². The number of non-ortho nitro benzene ring substituents is 1. The molecule has 10 heavy (non-hydrogen) atoms. The van der Waals surface area contributed by atoms with Gasteiger partial charge >= 0.3 is 0 Å². The van der Waals surface area contributed by atoms with Crippen LogP contribution in [0.4, 0.5) is 5.69 Å². The summed E-state index contributed by atoms with van der Waals surface area (Å²) in [7, 11) is 0. The van der Waals surface area contributed by atoms with Gasteiger partial charge in [-0.2, -0.15) is 0 Å². The first-order chi connectivity index (χ1) is 4.70. The average Bonchev–Trinajstić information content (AvgIpc) is 1.88. The van der Waals surface area contributed by atoms with Gasteiger partial charge in [0.25, 0.3) is 5.69 Å². The Labute approximate surface area is 63.2 Å². The molecule has 1 aromatic carbocycles. The Balaban J connectivity index is 3.07. The monoisotopic (exact) mass is 154 g/mol. The second-order valence-electron chi connectivity index (χ2n) is 1.69. The van der Waals surface area contributed by atoms with E-state index in [4.69, 9.17) is 0 Å². The molecule has 0 aliphatic rings. The van der Waals surface area contributed by atoms with Crippen LogP contribution in [0.25, 0.3) is 0 Å². The van der Waals surface area contributed by atoms with Gasteiger partial charge in [-0.15, -0.1) is 12.6 Å². The normalized spacial score (nSPS) is 9.30. The Hall–Kier alpha value is -1.03. The molecule has 51 valence electrons. The molecule has 0 spiro atoms. The van der Waals surface area contributed by atoms with Gasteiger partial charge in [0.15, 0.2) is 0 Å². The van der Waals surface area contributed by atoms with Crippen LogP contribution >= 0.6 is 12.6 Å². The first-order valence-corrected chi connectivity index (χ1v) is 3.00. The number of nitro groups is 1. The Morgan fingerprint density at radius 1 is 1.70 bits per heavy atom. The van der Waals surface area contributed by atoms with Crippen molar-refractivity contribution in [2.75, 3.05) is 0 Å². The van der Waals surface area contributed by atoms with Gasteiger partial charge in [0.05, 0.1) is 4.92 Å². The van der Waals surface area contributed by atoms with Gasteiger partial charge in [-0.05, 0) is 12.1 Å². The predicted octanol–water partition coefficient (Wildman–Crippen LogP) is 1.68. The molecule has 0 aromatic heterocycles. The molecule has 0 bridgehead atoms. The SMILES string of the molecule is O=[N+]([O-])c1cc[c]c(S)c1. The summed E-state index contributed by atoms with van der Waals surface area (Å²) in [6.45, 7) is 0. The van der Waals surface area contributed by atoms with Crippen molar-refractivity contribution < 1.29 is 4.92 Å². The molecule has 1 rings (SSSR count). The number of hydrogen-bond acceptors (Lipinski definition) is 3. The quantitative estimate of drug-likeness (QED) is 0.380. The first kappa shape index (κ1) is 7.08. The van der Waals surface area contributed by atoms with Gasteiger partial charge in [-0.3, -0.25) is 10.1 Å². The van der Waals surface area contributed by atoms with Crippen molar-refractivity contribution in [2.45, 2.75) is 4.90 Å². The molecule has 0 atom stereocenters. The predicted molar refractivity (Wildman–Crippen MR) is 39.2 cm³/mol. The highest BCUT2D eigenvalue weighted by Crippen LogP contribution is 2.14. The maximum atomic E-state index is 10.1. The lowest BCUT2D eigenvalue weighted by atomic mass is 10.3. The topological polar surface area (TPSA) is 43.1 Å². The van der Waals surface area contributed by atoms with Gasteiger partial charge in [0.2, 0.25) is 0 Å². The smallest absolute Gasteiger partial charge is 0.258 e. The van der Waals surface area contributed by atoms with Crippen LogP contribution in [0.2, 0.25) is 0 Å². The van der Waals surface area contributed by atoms with Crippen molar-refractivity contribution in [3.05, 3.63) is 34.4 Å². The number of rotatable bonds is 1. The summed E-state index contributed by atoms with van der Waals surface area (Å²) in [6, 6.07) is 6.88. The van der Waals surface area contributed by atoms with Gasteiger partial charge < -0.3 is 0 Å². The molecule has 0 saturated heterocycles. The van der Waals surface area contributed by atoms with E-state index in [0.29, 0.717) is 4.90 Å². The fourth-order valence-electron chi connectivity index (χ4n) is 0.556. The minimum Gasteiger partial charge on any atom is -0.258 e. The molecule has 4 heteroatoms. The van der Waals surface area contributed by atoms with E-state index in [1.807, 2.05) is 0 Å². The van der Waals surface area contributed by atoms with E-state index < -0.39 is 4.92 Å². The Morgan fingerprint density at radius 3 is 2.80 bits per heavy atom. The van der Waals surface area contributed by atoms with Crippen LogP contribution in [0.5, 0.6) is 0 Å². The number of hydrogen-bond donors (Lipinski definition) is 1. The Bertz CT molecular complexity index is 262. The van der Waals surface area contributed by atoms with Crippen LogP contribution in [-0.2, 0) is 0 Å². The van der Waals surface area contributed by atoms with E-state index in [9.17, 15) is 10.1 Å². The van der Waals surface area contributed by atoms with E-state index in [2.05, 4.69) is 18.7 Å². The maximum Gasteiger partial charge on any atom is 0.270 e. The second-order valence-corrected chi connectivity index (χ2v) is 2.17. The Morgan fingerprint density at radius 2 is 2.40 bits per heavy atom. The minimum absolute atomic E-state index is 0.0451. The molecule has 0 N–H and O–H groups in total. The zero-order valence-corrected chi connectivity index (χ0v) is 5.84. The average molecular weight is 154 g/mol. The lowest BCUT2D eigenvalue weighted by molar-refractivity contribution is -0.385. The first-order valence-electron chi connectivity index (χ1n) is 2.55. The van der Waals surface area contributed by atoms with Gasteiger partial charge in [-0.25, -0.2) is 0 Å². The number of benzene rings is 1. The van der Waals surface area contributed by atoms with E-state index in [-0.39, 0.29) is 5.69 Å². The fraction of sp³-hybridized carbons (Fsp3) is 0. The maximum absolute atomic E-state index is 10.1. The molecule has 3 nitrogen and oxygen atoms in total. The summed E-state index contributed by atoms with van der Waals surface area (Å²) in [5, 5.41) is 10.1. The van der Waals surface area contributed by atoms with Crippen molar-refractivity contribution in [1.82, 2.24) is 0 Å². The lowest BCUT2D eigenvalue weighted by Crippen LogP contribution is -1.86. The molecule has 0 unspecified atom stereocenters. The zero-order valence-electron chi connectivity index (χ0n) is 4.94. The zero-order chi connectivity index (χ0) is 7.56. The van der Waals surface area contributed by atoms with E-state index in [1.54, 1.807) is 0 Å². The molecule has 0 amide bonds. The third kappa shape index (κ3) is 1.48. The van der Waals surface area contributed by atoms with Crippen LogP contribution in [0.3, 0.4) is 0 Å². The van der Waals surface area contributed by atoms with Crippen LogP contribution in [0, 0.1) is 16.2 Å². The molecule has 1 aromatic rings. The highest BCUT2D eigenvalue weighted by molar-refractivity contribution is 7.80. The highest BCUT2D eigenvalue weighted by atomic mass is 32.1. The molecule has 0 aliphatic heterocycles. The summed E-state index contributed by atoms with van der Waals surface area (Å²) in [4.78, 5) is 10.1. The van der Waals surface area contributed by atoms with E-state index >= 15 is 0 Å². The van der Waals surface area contributed by atoms with E-state index in [1.165, 1.54) is 18.2 Å². The van der Waals surface area contributed by atoms with Gasteiger partial charge in [-0.1, -0.05) is 0 Å². The molecular formula is C6H4NO2S. The van der Waals surface area contributed by atoms with Crippen molar-refractivity contribution in [2.24, 2.45) is 0 Å². The number of thiol groups is 1. The molecule has 0 aliphatic carbocycles. The fourth-order valence-corrected chi connectivity index (χ4v) is 0.763. The summed E-state index contributed by atoms with van der Waals surface area (Å²) in [6.07, 6.45) is 0. The molecule has 0 saturated carbocycles. The summed E-state index contributed by atoms with van der Waals surface area (Å²) >= 11 is 3.89. The standard InChI is InChI=1S/C6H4NO2S/c8-7(9)5-2-1-3-6(10)4-5/h1-2,4,10H. The largest absolute Gasteiger partial charge is 0.270 e. The molecule has 0 fully saturated rings. The second kappa shape index (κ2) is 2.70. The minimum atomic E-state index is -0.465.